The van der Waals surface area contributed by atoms with Gasteiger partial charge < -0.3 is 24.8 Å². The zero-order valence-electron chi connectivity index (χ0n) is 16.4. The molecule has 7 nitrogen and oxygen atoms in total. The topological polar surface area (TPSA) is 88.1 Å². The quantitative estimate of drug-likeness (QED) is 0.698. The van der Waals surface area contributed by atoms with E-state index >= 15 is 0 Å². The van der Waals surface area contributed by atoms with Crippen LogP contribution in [0, 0.1) is 11.8 Å². The van der Waals surface area contributed by atoms with Gasteiger partial charge in [-0.05, 0) is 26.8 Å². The molecule has 2 atom stereocenters. The summed E-state index contributed by atoms with van der Waals surface area (Å²) >= 11 is 0. The number of rotatable bonds is 6. The van der Waals surface area contributed by atoms with Crippen molar-refractivity contribution in [3.8, 4) is 0 Å². The Morgan fingerprint density at radius 3 is 2.32 bits per heavy atom. The molecule has 1 aliphatic heterocycles. The molecule has 146 valence electrons. The lowest BCUT2D eigenvalue weighted by Crippen LogP contribution is -2.37. The number of carbonyl (C=O) groups excluding carboxylic acids is 2. The predicted octanol–water partition coefficient (Wildman–Crippen LogP) is 2.53. The van der Waals surface area contributed by atoms with Gasteiger partial charge in [-0.15, -0.1) is 0 Å². The molecule has 1 rings (SSSR count). The van der Waals surface area contributed by atoms with Crippen LogP contribution in [0.5, 0.6) is 0 Å². The van der Waals surface area contributed by atoms with Crippen molar-refractivity contribution >= 4 is 20.3 Å². The summed E-state index contributed by atoms with van der Waals surface area (Å²) < 4.78 is 10.6. The van der Waals surface area contributed by atoms with E-state index in [0.29, 0.717) is 26.2 Å². The predicted molar refractivity (Wildman–Crippen MR) is 99.4 cm³/mol. The highest BCUT2D eigenvalue weighted by Gasteiger charge is 2.36. The van der Waals surface area contributed by atoms with Crippen LogP contribution >= 0.6 is 0 Å². The maximum absolute atomic E-state index is 12.2. The molecule has 1 saturated heterocycles. The second-order valence-electron chi connectivity index (χ2n) is 8.92. The van der Waals surface area contributed by atoms with E-state index in [1.54, 1.807) is 4.90 Å². The van der Waals surface area contributed by atoms with Gasteiger partial charge in [0.2, 0.25) is 0 Å². The summed E-state index contributed by atoms with van der Waals surface area (Å²) in [4.78, 5) is 25.5. The average Bonchev–Trinajstić information content (AvgIpc) is 2.85. The first kappa shape index (κ1) is 21.8. The molecule has 8 heteroatoms. The third kappa shape index (κ3) is 8.58. The maximum atomic E-state index is 12.2. The number of nitrogens with zero attached hydrogens (tertiary/aromatic N) is 1. The monoisotopic (exact) mass is 374 g/mol. The zero-order chi connectivity index (χ0) is 19.3. The summed E-state index contributed by atoms with van der Waals surface area (Å²) in [5, 5.41) is 12.3. The number of alkyl carbamates (subject to hydrolysis) is 1. The van der Waals surface area contributed by atoms with Crippen LogP contribution in [-0.4, -0.2) is 68.7 Å². The minimum atomic E-state index is -1.23. The highest BCUT2D eigenvalue weighted by atomic mass is 28.3. The lowest BCUT2D eigenvalue weighted by atomic mass is 9.97. The van der Waals surface area contributed by atoms with Crippen molar-refractivity contribution in [3.63, 3.8) is 0 Å². The molecular weight excluding hydrogens is 340 g/mol. The summed E-state index contributed by atoms with van der Waals surface area (Å²) in [6, 6.07) is 0.926. The lowest BCUT2D eigenvalue weighted by Gasteiger charge is -2.24. The number of aliphatic hydroxyl groups is 1. The number of likely N-dealkylation sites (tertiary alicyclic amines) is 1. The first-order chi connectivity index (χ1) is 11.4. The highest BCUT2D eigenvalue weighted by Crippen LogP contribution is 2.24. The molecule has 2 amide bonds. The van der Waals surface area contributed by atoms with Crippen molar-refractivity contribution in [2.75, 3.05) is 32.8 Å². The number of amides is 2. The number of hydrogen-bond donors (Lipinski definition) is 2. The molecule has 0 saturated carbocycles. The standard InChI is InChI=1S/C17H34N2O5Si/c1-17(2,3)24-16(22)19-10-13(14(11-19)12-20)9-18-15(21)23-7-8-25(4,5)6/h13-14,20H,7-12H2,1-6H3,(H,18,21). The van der Waals surface area contributed by atoms with Gasteiger partial charge in [0.15, 0.2) is 0 Å². The molecule has 0 radical (unpaired) electrons. The number of nitrogens with one attached hydrogen (secondary N) is 1. The Kier molecular flexibility index (Phi) is 7.74. The van der Waals surface area contributed by atoms with Crippen LogP contribution in [-0.2, 0) is 9.47 Å². The van der Waals surface area contributed by atoms with Gasteiger partial charge in [0.05, 0.1) is 6.61 Å². The van der Waals surface area contributed by atoms with Crippen molar-refractivity contribution in [1.29, 1.82) is 0 Å². The van der Waals surface area contributed by atoms with Gasteiger partial charge in [-0.3, -0.25) is 0 Å². The number of ether oxygens (including phenoxy) is 2. The van der Waals surface area contributed by atoms with E-state index in [2.05, 4.69) is 25.0 Å². The lowest BCUT2D eigenvalue weighted by molar-refractivity contribution is 0.0281. The van der Waals surface area contributed by atoms with Crippen LogP contribution in [0.25, 0.3) is 0 Å². The number of hydrogen-bond acceptors (Lipinski definition) is 5. The first-order valence-corrected chi connectivity index (χ1v) is 12.6. The van der Waals surface area contributed by atoms with Gasteiger partial charge in [-0.25, -0.2) is 9.59 Å². The fourth-order valence-corrected chi connectivity index (χ4v) is 3.28. The van der Waals surface area contributed by atoms with Gasteiger partial charge >= 0.3 is 12.2 Å². The molecule has 0 aromatic carbocycles. The van der Waals surface area contributed by atoms with Gasteiger partial charge in [0.25, 0.3) is 0 Å². The van der Waals surface area contributed by atoms with Crippen molar-refractivity contribution in [1.82, 2.24) is 10.2 Å². The van der Waals surface area contributed by atoms with Crippen LogP contribution < -0.4 is 5.32 Å². The molecule has 0 spiro atoms. The summed E-state index contributed by atoms with van der Waals surface area (Å²) in [6.45, 7) is 13.8. The van der Waals surface area contributed by atoms with E-state index in [4.69, 9.17) is 9.47 Å². The van der Waals surface area contributed by atoms with E-state index in [-0.39, 0.29) is 24.5 Å². The molecule has 0 bridgehead atoms. The van der Waals surface area contributed by atoms with Gasteiger partial charge in [-0.1, -0.05) is 19.6 Å². The Labute approximate surface area is 152 Å². The van der Waals surface area contributed by atoms with Crippen LogP contribution in [0.1, 0.15) is 20.8 Å². The second kappa shape index (κ2) is 8.89. The molecule has 2 unspecified atom stereocenters. The fourth-order valence-electron chi connectivity index (χ4n) is 2.57. The molecule has 0 aromatic heterocycles. The van der Waals surface area contributed by atoms with Crippen molar-refractivity contribution in [2.24, 2.45) is 11.8 Å². The third-order valence-corrected chi connectivity index (χ3v) is 5.76. The largest absolute Gasteiger partial charge is 0.450 e. The second-order valence-corrected chi connectivity index (χ2v) is 14.5. The Hall–Kier alpha value is -1.28. The molecular formula is C17H34N2O5Si. The number of carbonyl (C=O) groups is 2. The maximum Gasteiger partial charge on any atom is 0.410 e. The van der Waals surface area contributed by atoms with E-state index in [0.717, 1.165) is 6.04 Å². The summed E-state index contributed by atoms with van der Waals surface area (Å²) in [7, 11) is -1.23. The van der Waals surface area contributed by atoms with Crippen LogP contribution in [0.15, 0.2) is 0 Å². The SMILES string of the molecule is CC(C)(C)OC(=O)N1CC(CO)C(CNC(=O)OCC[Si](C)(C)C)C1. The Balaban J connectivity index is 2.42. The molecule has 2 N–H and O–H groups in total. The summed E-state index contributed by atoms with van der Waals surface area (Å²) in [6.07, 6.45) is -0.822. The third-order valence-electron chi connectivity index (χ3n) is 4.06. The van der Waals surface area contributed by atoms with E-state index in [1.807, 2.05) is 20.8 Å². The molecule has 1 fully saturated rings. The van der Waals surface area contributed by atoms with Gasteiger partial charge in [-0.2, -0.15) is 0 Å². The van der Waals surface area contributed by atoms with E-state index < -0.39 is 19.8 Å². The molecule has 1 heterocycles. The Bertz CT molecular complexity index is 459. The number of aliphatic hydroxyl groups excluding tert-OH is 1. The van der Waals surface area contributed by atoms with Crippen LogP contribution in [0.3, 0.4) is 0 Å². The molecule has 0 aliphatic carbocycles. The fraction of sp³-hybridized carbons (Fsp3) is 0.882. The summed E-state index contributed by atoms with van der Waals surface area (Å²) in [5.74, 6) is -0.0862. The summed E-state index contributed by atoms with van der Waals surface area (Å²) in [5.41, 5.74) is -0.553. The zero-order valence-corrected chi connectivity index (χ0v) is 17.4. The minimum absolute atomic E-state index is 0.0120. The Morgan fingerprint density at radius 2 is 1.80 bits per heavy atom. The normalized spacial score (nSPS) is 21.2. The minimum Gasteiger partial charge on any atom is -0.450 e. The highest BCUT2D eigenvalue weighted by molar-refractivity contribution is 6.76. The average molecular weight is 375 g/mol. The van der Waals surface area contributed by atoms with Crippen LogP contribution in [0.2, 0.25) is 25.7 Å². The first-order valence-electron chi connectivity index (χ1n) is 8.91. The van der Waals surface area contributed by atoms with E-state index in [9.17, 15) is 14.7 Å². The van der Waals surface area contributed by atoms with Gasteiger partial charge in [0.1, 0.15) is 5.60 Å². The smallest absolute Gasteiger partial charge is 0.410 e. The molecule has 0 aromatic rings. The van der Waals surface area contributed by atoms with Crippen LogP contribution in [0.4, 0.5) is 9.59 Å². The Morgan fingerprint density at radius 1 is 1.20 bits per heavy atom. The van der Waals surface area contributed by atoms with Crippen molar-refractivity contribution < 1.29 is 24.2 Å². The molecule has 1 aliphatic rings. The van der Waals surface area contributed by atoms with E-state index in [1.165, 1.54) is 0 Å². The van der Waals surface area contributed by atoms with Gasteiger partial charge in [0, 0.05) is 46.2 Å². The van der Waals surface area contributed by atoms with Crippen molar-refractivity contribution in [2.45, 2.75) is 52.1 Å². The molecule has 25 heavy (non-hydrogen) atoms. The van der Waals surface area contributed by atoms with Crippen molar-refractivity contribution in [3.05, 3.63) is 0 Å².